The number of rotatable bonds is 1. The first-order valence-electron chi connectivity index (χ1n) is 5.49. The number of anilines is 1. The molecular formula is C10H12BrN5O. The zero-order chi connectivity index (χ0) is 12.0. The highest BCUT2D eigenvalue weighted by Gasteiger charge is 2.27. The molecule has 3 N–H and O–H groups in total. The third kappa shape index (κ3) is 1.69. The van der Waals surface area contributed by atoms with Gasteiger partial charge in [-0.15, -0.1) is 0 Å². The molecule has 6 nitrogen and oxygen atoms in total. The summed E-state index contributed by atoms with van der Waals surface area (Å²) in [7, 11) is 0. The minimum Gasteiger partial charge on any atom is -0.393 e. The van der Waals surface area contributed by atoms with Gasteiger partial charge < -0.3 is 10.8 Å². The summed E-state index contributed by atoms with van der Waals surface area (Å²) < 4.78 is 2.50. The lowest BCUT2D eigenvalue weighted by Gasteiger charge is -2.10. The van der Waals surface area contributed by atoms with Gasteiger partial charge in [0.2, 0.25) is 0 Å². The molecule has 3 rings (SSSR count). The zero-order valence-electron chi connectivity index (χ0n) is 9.04. The molecule has 1 aliphatic rings. The summed E-state index contributed by atoms with van der Waals surface area (Å²) >= 11 is 3.38. The van der Waals surface area contributed by atoms with E-state index in [0.717, 1.165) is 23.9 Å². The summed E-state index contributed by atoms with van der Waals surface area (Å²) in [4.78, 5) is 8.19. The van der Waals surface area contributed by atoms with Crippen LogP contribution in [-0.2, 0) is 0 Å². The summed E-state index contributed by atoms with van der Waals surface area (Å²) in [6.07, 6.45) is 3.64. The van der Waals surface area contributed by atoms with Gasteiger partial charge in [-0.1, -0.05) is 0 Å². The quantitative estimate of drug-likeness (QED) is 0.827. The van der Waals surface area contributed by atoms with Crippen molar-refractivity contribution in [1.82, 2.24) is 19.7 Å². The average Bonchev–Trinajstić information content (AvgIpc) is 2.84. The Labute approximate surface area is 106 Å². The van der Waals surface area contributed by atoms with Crippen LogP contribution in [-0.4, -0.2) is 31.0 Å². The van der Waals surface area contributed by atoms with Gasteiger partial charge in [0.1, 0.15) is 16.7 Å². The van der Waals surface area contributed by atoms with Gasteiger partial charge in [0.15, 0.2) is 5.65 Å². The zero-order valence-corrected chi connectivity index (χ0v) is 10.6. The van der Waals surface area contributed by atoms with Crippen molar-refractivity contribution in [2.75, 3.05) is 5.73 Å². The van der Waals surface area contributed by atoms with Gasteiger partial charge in [-0.2, -0.15) is 5.10 Å². The number of nitrogens with zero attached hydrogens (tertiary/aromatic N) is 4. The first-order valence-corrected chi connectivity index (χ1v) is 6.28. The minimum absolute atomic E-state index is 0.188. The molecule has 1 saturated carbocycles. The topological polar surface area (TPSA) is 89.9 Å². The van der Waals surface area contributed by atoms with Crippen molar-refractivity contribution in [3.05, 3.63) is 10.9 Å². The Balaban J connectivity index is 2.14. The van der Waals surface area contributed by atoms with Crippen LogP contribution >= 0.6 is 15.9 Å². The Kier molecular flexibility index (Phi) is 2.52. The molecule has 7 heteroatoms. The van der Waals surface area contributed by atoms with Gasteiger partial charge in [0, 0.05) is 0 Å². The number of nitrogen functional groups attached to an aromatic ring is 1. The smallest absolute Gasteiger partial charge is 0.164 e. The van der Waals surface area contributed by atoms with E-state index in [2.05, 4.69) is 31.0 Å². The molecule has 0 amide bonds. The highest BCUT2D eigenvalue weighted by Crippen LogP contribution is 2.34. The fourth-order valence-corrected chi connectivity index (χ4v) is 2.92. The molecule has 2 unspecified atom stereocenters. The summed E-state index contributed by atoms with van der Waals surface area (Å²) in [6, 6.07) is 0.188. The van der Waals surface area contributed by atoms with Crippen molar-refractivity contribution in [1.29, 1.82) is 0 Å². The van der Waals surface area contributed by atoms with Crippen molar-refractivity contribution >= 4 is 32.8 Å². The number of halogens is 1. The summed E-state index contributed by atoms with van der Waals surface area (Å²) in [6.45, 7) is 0. The Morgan fingerprint density at radius 3 is 2.94 bits per heavy atom. The number of aromatic nitrogens is 4. The largest absolute Gasteiger partial charge is 0.393 e. The molecule has 0 saturated heterocycles. The summed E-state index contributed by atoms with van der Waals surface area (Å²) in [5.74, 6) is 0.423. The number of aliphatic hydroxyl groups excluding tert-OH is 1. The number of fused-ring (bicyclic) bond motifs is 1. The lowest BCUT2D eigenvalue weighted by molar-refractivity contribution is 0.177. The molecular weight excluding hydrogens is 286 g/mol. The molecule has 2 atom stereocenters. The molecule has 0 radical (unpaired) electrons. The van der Waals surface area contributed by atoms with E-state index in [1.807, 2.05) is 4.68 Å². The standard InChI is InChI=1S/C10H12BrN5O/c11-8-7-9(12)13-4-14-10(7)16(15-8)5-1-2-6(17)3-5/h4-6,17H,1-3H2,(H2,12,13,14). The van der Waals surface area contributed by atoms with Crippen molar-refractivity contribution < 1.29 is 5.11 Å². The molecule has 2 aromatic rings. The van der Waals surface area contributed by atoms with Crippen molar-refractivity contribution in [2.45, 2.75) is 31.4 Å². The predicted octanol–water partition coefficient (Wildman–Crippen LogP) is 1.26. The molecule has 1 aliphatic carbocycles. The average molecular weight is 298 g/mol. The van der Waals surface area contributed by atoms with E-state index in [1.165, 1.54) is 6.33 Å². The second-order valence-corrected chi connectivity index (χ2v) is 5.06. The van der Waals surface area contributed by atoms with Crippen LogP contribution in [0.15, 0.2) is 10.9 Å². The molecule has 1 fully saturated rings. The number of nitrogens with two attached hydrogens (primary N) is 1. The molecule has 0 aromatic carbocycles. The molecule has 0 bridgehead atoms. The monoisotopic (exact) mass is 297 g/mol. The highest BCUT2D eigenvalue weighted by atomic mass is 79.9. The van der Waals surface area contributed by atoms with Crippen molar-refractivity contribution in [3.8, 4) is 0 Å². The maximum absolute atomic E-state index is 9.58. The van der Waals surface area contributed by atoms with E-state index in [4.69, 9.17) is 5.73 Å². The number of hydrogen-bond acceptors (Lipinski definition) is 5. The number of hydrogen-bond donors (Lipinski definition) is 2. The Morgan fingerprint density at radius 1 is 1.41 bits per heavy atom. The van der Waals surface area contributed by atoms with Crippen LogP contribution in [0.5, 0.6) is 0 Å². The van der Waals surface area contributed by atoms with Gasteiger partial charge in [-0.05, 0) is 35.2 Å². The van der Waals surface area contributed by atoms with Crippen LogP contribution in [0.2, 0.25) is 0 Å². The van der Waals surface area contributed by atoms with E-state index in [0.29, 0.717) is 16.8 Å². The van der Waals surface area contributed by atoms with Crippen LogP contribution in [0.3, 0.4) is 0 Å². The second-order valence-electron chi connectivity index (χ2n) is 4.31. The minimum atomic E-state index is -0.239. The van der Waals surface area contributed by atoms with E-state index >= 15 is 0 Å². The van der Waals surface area contributed by atoms with E-state index in [1.54, 1.807) is 0 Å². The third-order valence-electron chi connectivity index (χ3n) is 3.20. The van der Waals surface area contributed by atoms with Crippen LogP contribution in [0.4, 0.5) is 5.82 Å². The van der Waals surface area contributed by atoms with Crippen LogP contribution in [0.1, 0.15) is 25.3 Å². The highest BCUT2D eigenvalue weighted by molar-refractivity contribution is 9.10. The molecule has 90 valence electrons. The van der Waals surface area contributed by atoms with E-state index in [-0.39, 0.29) is 12.1 Å². The van der Waals surface area contributed by atoms with Gasteiger partial charge in [-0.25, -0.2) is 14.6 Å². The van der Waals surface area contributed by atoms with Gasteiger partial charge >= 0.3 is 0 Å². The molecule has 2 heterocycles. The first kappa shape index (κ1) is 10.9. The normalized spacial score (nSPS) is 24.6. The summed E-state index contributed by atoms with van der Waals surface area (Å²) in [5.41, 5.74) is 6.54. The van der Waals surface area contributed by atoms with Crippen LogP contribution in [0, 0.1) is 0 Å². The fraction of sp³-hybridized carbons (Fsp3) is 0.500. The van der Waals surface area contributed by atoms with Crippen molar-refractivity contribution in [2.24, 2.45) is 0 Å². The van der Waals surface area contributed by atoms with E-state index in [9.17, 15) is 5.11 Å². The fourth-order valence-electron chi connectivity index (χ4n) is 2.36. The molecule has 0 spiro atoms. The first-order chi connectivity index (χ1) is 8.16. The number of aliphatic hydroxyl groups is 1. The third-order valence-corrected chi connectivity index (χ3v) is 3.75. The Hall–Kier alpha value is -1.21. The lowest BCUT2D eigenvalue weighted by atomic mass is 10.2. The molecule has 2 aromatic heterocycles. The predicted molar refractivity (Wildman–Crippen MR) is 66.3 cm³/mol. The second kappa shape index (κ2) is 3.92. The maximum atomic E-state index is 9.58. The van der Waals surface area contributed by atoms with Gasteiger partial charge in [0.25, 0.3) is 0 Å². The summed E-state index contributed by atoms with van der Waals surface area (Å²) in [5, 5.41) is 14.7. The van der Waals surface area contributed by atoms with Gasteiger partial charge in [0.05, 0.1) is 17.5 Å². The van der Waals surface area contributed by atoms with Gasteiger partial charge in [-0.3, -0.25) is 0 Å². The van der Waals surface area contributed by atoms with E-state index < -0.39 is 0 Å². The molecule has 0 aliphatic heterocycles. The molecule has 17 heavy (non-hydrogen) atoms. The SMILES string of the molecule is Nc1ncnc2c1c(Br)nn2C1CCC(O)C1. The van der Waals surface area contributed by atoms with Crippen LogP contribution < -0.4 is 5.73 Å². The van der Waals surface area contributed by atoms with Crippen LogP contribution in [0.25, 0.3) is 11.0 Å². The lowest BCUT2D eigenvalue weighted by Crippen LogP contribution is -2.09. The van der Waals surface area contributed by atoms with Crippen molar-refractivity contribution in [3.63, 3.8) is 0 Å². The Bertz CT molecular complexity index is 569. The Morgan fingerprint density at radius 2 is 2.24 bits per heavy atom. The maximum Gasteiger partial charge on any atom is 0.164 e.